The molecule has 0 radical (unpaired) electrons. The van der Waals surface area contributed by atoms with Gasteiger partial charge < -0.3 is 0 Å². The van der Waals surface area contributed by atoms with E-state index in [9.17, 15) is 8.42 Å². The fraction of sp³-hybridized carbons (Fsp3) is 0. The molecule has 6 heteroatoms. The van der Waals surface area contributed by atoms with Gasteiger partial charge in [-0.15, -0.1) is 0 Å². The Kier molecular flexibility index (Phi) is 4.19. The number of anilines is 1. The molecule has 19 heavy (non-hydrogen) atoms. The molecule has 2 aromatic rings. The predicted octanol–water partition coefficient (Wildman–Crippen LogP) is 3.15. The molecule has 1 N–H and O–H groups in total. The van der Waals surface area contributed by atoms with E-state index in [2.05, 4.69) is 9.71 Å². The predicted molar refractivity (Wildman–Crippen MR) is 77.3 cm³/mol. The fourth-order valence-corrected chi connectivity index (χ4v) is 2.45. The zero-order valence-electron chi connectivity index (χ0n) is 9.82. The molecule has 0 aliphatic rings. The third kappa shape index (κ3) is 4.08. The summed E-state index contributed by atoms with van der Waals surface area (Å²) in [4.78, 5) is 3.81. The number of pyridine rings is 1. The molecule has 0 saturated carbocycles. The van der Waals surface area contributed by atoms with E-state index in [1.165, 1.54) is 18.5 Å². The smallest absolute Gasteiger partial charge is 0.255 e. The Balaban J connectivity index is 2.16. The van der Waals surface area contributed by atoms with Gasteiger partial charge in [-0.2, -0.15) is 0 Å². The van der Waals surface area contributed by atoms with Crippen LogP contribution >= 0.6 is 11.6 Å². The number of hydrogen-bond donors (Lipinski definition) is 1. The average Bonchev–Trinajstić information content (AvgIpc) is 2.38. The first-order valence-electron chi connectivity index (χ1n) is 5.42. The lowest BCUT2D eigenvalue weighted by molar-refractivity contribution is 0.609. The van der Waals surface area contributed by atoms with E-state index in [1.54, 1.807) is 36.4 Å². The Labute approximate surface area is 116 Å². The van der Waals surface area contributed by atoms with Crippen molar-refractivity contribution in [3.05, 3.63) is 64.8 Å². The zero-order valence-corrected chi connectivity index (χ0v) is 11.4. The van der Waals surface area contributed by atoms with Crippen molar-refractivity contribution >= 4 is 33.4 Å². The first-order chi connectivity index (χ1) is 9.07. The van der Waals surface area contributed by atoms with Gasteiger partial charge in [0.05, 0.1) is 11.1 Å². The summed E-state index contributed by atoms with van der Waals surface area (Å²) in [5.74, 6) is 0. The van der Waals surface area contributed by atoms with Crippen LogP contribution in [0.1, 0.15) is 5.56 Å². The monoisotopic (exact) mass is 294 g/mol. The van der Waals surface area contributed by atoms with Crippen molar-refractivity contribution in [3.8, 4) is 0 Å². The molecule has 0 saturated heterocycles. The Morgan fingerprint density at radius 1 is 1.11 bits per heavy atom. The molecule has 0 fully saturated rings. The number of rotatable bonds is 4. The van der Waals surface area contributed by atoms with Crippen molar-refractivity contribution in [1.29, 1.82) is 0 Å². The van der Waals surface area contributed by atoms with Gasteiger partial charge in [-0.3, -0.25) is 9.71 Å². The van der Waals surface area contributed by atoms with Crippen molar-refractivity contribution in [1.82, 2.24) is 4.98 Å². The van der Waals surface area contributed by atoms with Gasteiger partial charge >= 0.3 is 0 Å². The minimum atomic E-state index is -3.57. The van der Waals surface area contributed by atoms with Crippen LogP contribution in [-0.2, 0) is 10.0 Å². The second-order valence-corrected chi connectivity index (χ2v) is 5.68. The number of benzene rings is 1. The first-order valence-corrected chi connectivity index (χ1v) is 7.35. The normalized spacial score (nSPS) is 11.6. The summed E-state index contributed by atoms with van der Waals surface area (Å²) in [6.45, 7) is 0. The van der Waals surface area contributed by atoms with Gasteiger partial charge in [-0.25, -0.2) is 8.42 Å². The van der Waals surface area contributed by atoms with Crippen LogP contribution in [-0.4, -0.2) is 13.4 Å². The van der Waals surface area contributed by atoms with Crippen molar-refractivity contribution in [2.24, 2.45) is 0 Å². The van der Waals surface area contributed by atoms with Gasteiger partial charge in [-0.1, -0.05) is 29.8 Å². The van der Waals surface area contributed by atoms with Crippen LogP contribution in [0, 0.1) is 0 Å². The largest absolute Gasteiger partial charge is 0.280 e. The molecule has 1 aromatic heterocycles. The fourth-order valence-electron chi connectivity index (χ4n) is 1.39. The lowest BCUT2D eigenvalue weighted by Gasteiger charge is -2.03. The van der Waals surface area contributed by atoms with Gasteiger partial charge in [0.2, 0.25) is 0 Å². The summed E-state index contributed by atoms with van der Waals surface area (Å²) in [5.41, 5.74) is 1.10. The van der Waals surface area contributed by atoms with Gasteiger partial charge in [0.1, 0.15) is 0 Å². The molecule has 0 aliphatic heterocycles. The number of nitrogens with one attached hydrogen (secondary N) is 1. The van der Waals surface area contributed by atoms with Crippen molar-refractivity contribution in [3.63, 3.8) is 0 Å². The molecule has 0 amide bonds. The topological polar surface area (TPSA) is 59.1 Å². The molecule has 0 bridgehead atoms. The van der Waals surface area contributed by atoms with Crippen LogP contribution in [0.2, 0.25) is 5.02 Å². The molecular weight excluding hydrogens is 284 g/mol. The van der Waals surface area contributed by atoms with Gasteiger partial charge in [0, 0.05) is 17.4 Å². The number of hydrogen-bond acceptors (Lipinski definition) is 3. The second-order valence-electron chi connectivity index (χ2n) is 3.71. The van der Waals surface area contributed by atoms with Crippen LogP contribution in [0.25, 0.3) is 6.08 Å². The highest BCUT2D eigenvalue weighted by Crippen LogP contribution is 2.17. The molecule has 2 rings (SSSR count). The summed E-state index contributed by atoms with van der Waals surface area (Å²) >= 11 is 5.94. The Bertz CT molecular complexity index is 685. The van der Waals surface area contributed by atoms with Gasteiger partial charge in [0.15, 0.2) is 0 Å². The van der Waals surface area contributed by atoms with E-state index < -0.39 is 10.0 Å². The van der Waals surface area contributed by atoms with Crippen LogP contribution < -0.4 is 4.72 Å². The number of aromatic nitrogens is 1. The molecule has 0 spiro atoms. The summed E-state index contributed by atoms with van der Waals surface area (Å²) in [6, 6.07) is 10.1. The third-order valence-electron chi connectivity index (χ3n) is 2.27. The Morgan fingerprint density at radius 3 is 2.47 bits per heavy atom. The summed E-state index contributed by atoms with van der Waals surface area (Å²) in [5, 5.41) is 1.58. The molecule has 0 atom stereocenters. The second kappa shape index (κ2) is 5.86. The van der Waals surface area contributed by atoms with E-state index in [4.69, 9.17) is 11.6 Å². The van der Waals surface area contributed by atoms with E-state index >= 15 is 0 Å². The van der Waals surface area contributed by atoms with Crippen LogP contribution in [0.5, 0.6) is 0 Å². The summed E-state index contributed by atoms with van der Waals surface area (Å²) in [6.07, 6.45) is 4.47. The molecule has 0 unspecified atom stereocenters. The quantitative estimate of drug-likeness (QED) is 0.942. The van der Waals surface area contributed by atoms with E-state index in [1.807, 2.05) is 0 Å². The highest BCUT2D eigenvalue weighted by atomic mass is 35.5. The summed E-state index contributed by atoms with van der Waals surface area (Å²) < 4.78 is 26.1. The van der Waals surface area contributed by atoms with Crippen molar-refractivity contribution < 1.29 is 8.42 Å². The van der Waals surface area contributed by atoms with Crippen LogP contribution in [0.4, 0.5) is 5.69 Å². The average molecular weight is 295 g/mol. The lowest BCUT2D eigenvalue weighted by atomic mass is 10.2. The minimum absolute atomic E-state index is 0.457. The van der Waals surface area contributed by atoms with E-state index in [0.717, 1.165) is 5.41 Å². The number of nitrogens with zero attached hydrogens (tertiary/aromatic N) is 1. The molecule has 1 aromatic carbocycles. The van der Waals surface area contributed by atoms with Crippen molar-refractivity contribution in [2.75, 3.05) is 4.72 Å². The molecule has 1 heterocycles. The van der Waals surface area contributed by atoms with Crippen LogP contribution in [0.15, 0.2) is 54.2 Å². The summed E-state index contributed by atoms with van der Waals surface area (Å²) in [7, 11) is -3.57. The maximum absolute atomic E-state index is 11.8. The van der Waals surface area contributed by atoms with Crippen LogP contribution in [0.3, 0.4) is 0 Å². The SMILES string of the molecule is O=S(=O)(/C=C\c1ccccc1Cl)Nc1ccncc1. The van der Waals surface area contributed by atoms with E-state index in [0.29, 0.717) is 16.3 Å². The highest BCUT2D eigenvalue weighted by molar-refractivity contribution is 7.95. The Morgan fingerprint density at radius 2 is 1.79 bits per heavy atom. The molecule has 98 valence electrons. The number of halogens is 1. The Hall–Kier alpha value is -1.85. The maximum Gasteiger partial charge on any atom is 0.255 e. The maximum atomic E-state index is 11.8. The zero-order chi connectivity index (χ0) is 13.7. The molecule has 4 nitrogen and oxygen atoms in total. The number of sulfonamides is 1. The third-order valence-corrected chi connectivity index (χ3v) is 3.63. The van der Waals surface area contributed by atoms with Gasteiger partial charge in [-0.05, 0) is 29.8 Å². The highest BCUT2D eigenvalue weighted by Gasteiger charge is 2.05. The molecular formula is C13H11ClN2O2S. The van der Waals surface area contributed by atoms with Gasteiger partial charge in [0.25, 0.3) is 10.0 Å². The standard InChI is InChI=1S/C13H11ClN2O2S/c14-13-4-2-1-3-11(13)7-10-19(17,18)16-12-5-8-15-9-6-12/h1-10H,(H,15,16)/b10-7-. The lowest BCUT2D eigenvalue weighted by Crippen LogP contribution is -2.08. The minimum Gasteiger partial charge on any atom is -0.280 e. The first kappa shape index (κ1) is 13.6. The molecule has 0 aliphatic carbocycles. The van der Waals surface area contributed by atoms with E-state index in [-0.39, 0.29) is 0 Å². The van der Waals surface area contributed by atoms with Crippen molar-refractivity contribution in [2.45, 2.75) is 0 Å².